The van der Waals surface area contributed by atoms with Crippen molar-refractivity contribution in [3.8, 4) is 0 Å². The molecule has 0 radical (unpaired) electrons. The van der Waals surface area contributed by atoms with Crippen LogP contribution in [0.1, 0.15) is 73.1 Å². The van der Waals surface area contributed by atoms with E-state index in [2.05, 4.69) is 31.8 Å². The molecular formula is C20H42N2O2. The predicted molar refractivity (Wildman–Crippen MR) is 103 cm³/mol. The molecule has 1 saturated heterocycles. The number of rotatable bonds is 5. The molecule has 0 bridgehead atoms. The molecular weight excluding hydrogens is 300 g/mol. The first-order valence-corrected chi connectivity index (χ1v) is 10.0. The van der Waals surface area contributed by atoms with Crippen molar-refractivity contribution < 1.29 is 9.53 Å². The number of hydrogen-bond donors (Lipinski definition) is 2. The van der Waals surface area contributed by atoms with Gasteiger partial charge in [0.05, 0.1) is 0 Å². The fourth-order valence-corrected chi connectivity index (χ4v) is 3.90. The lowest BCUT2D eigenvalue weighted by molar-refractivity contribution is -0.106. The van der Waals surface area contributed by atoms with Crippen molar-refractivity contribution >= 4 is 6.41 Å². The average molecular weight is 343 g/mol. The minimum Gasteiger partial charge on any atom is -0.381 e. The second-order valence-electron chi connectivity index (χ2n) is 7.51. The monoisotopic (exact) mass is 342 g/mol. The van der Waals surface area contributed by atoms with E-state index in [1.807, 2.05) is 13.8 Å². The van der Waals surface area contributed by atoms with Gasteiger partial charge in [0, 0.05) is 19.3 Å². The number of primary amides is 1. The Morgan fingerprint density at radius 3 is 2.29 bits per heavy atom. The van der Waals surface area contributed by atoms with Crippen LogP contribution in [-0.4, -0.2) is 32.2 Å². The summed E-state index contributed by atoms with van der Waals surface area (Å²) in [6.07, 6.45) is 8.40. The van der Waals surface area contributed by atoms with Crippen molar-refractivity contribution in [3.05, 3.63) is 0 Å². The minimum absolute atomic E-state index is 0.250. The minimum atomic E-state index is 0.250. The lowest BCUT2D eigenvalue weighted by Gasteiger charge is -2.37. The Morgan fingerprint density at radius 2 is 1.75 bits per heavy atom. The van der Waals surface area contributed by atoms with Gasteiger partial charge in [0.2, 0.25) is 6.41 Å². The Kier molecular flexibility index (Phi) is 14.3. The maximum absolute atomic E-state index is 8.58. The van der Waals surface area contributed by atoms with E-state index in [9.17, 15) is 0 Å². The molecule has 1 saturated carbocycles. The number of amides is 1. The summed E-state index contributed by atoms with van der Waals surface area (Å²) in [5.41, 5.74) is 4.17. The smallest absolute Gasteiger partial charge is 0.204 e. The molecule has 3 N–H and O–H groups in total. The van der Waals surface area contributed by atoms with Crippen LogP contribution in [0.4, 0.5) is 0 Å². The van der Waals surface area contributed by atoms with Crippen LogP contribution in [0.25, 0.3) is 0 Å². The molecule has 0 aromatic rings. The van der Waals surface area contributed by atoms with Gasteiger partial charge in [0.25, 0.3) is 0 Å². The number of nitrogens with one attached hydrogen (secondary N) is 1. The number of carbonyl (C=O) groups excluding carboxylic acids is 1. The van der Waals surface area contributed by atoms with Crippen molar-refractivity contribution in [2.24, 2.45) is 29.4 Å². The van der Waals surface area contributed by atoms with Crippen LogP contribution in [0, 0.1) is 23.7 Å². The molecule has 1 aliphatic carbocycles. The van der Waals surface area contributed by atoms with E-state index in [4.69, 9.17) is 9.53 Å². The third-order valence-electron chi connectivity index (χ3n) is 5.03. The molecule has 0 spiro atoms. The molecule has 1 aliphatic heterocycles. The number of carbonyl (C=O) groups is 1. The zero-order valence-electron chi connectivity index (χ0n) is 16.7. The SMILES string of the molecule is CC.CC(C)CC1CC(C)CCC1NCC1CCOCC1.NC=O. The number of hydrogen-bond acceptors (Lipinski definition) is 3. The van der Waals surface area contributed by atoms with Crippen LogP contribution in [0.3, 0.4) is 0 Å². The van der Waals surface area contributed by atoms with Crippen LogP contribution in [0.5, 0.6) is 0 Å². The van der Waals surface area contributed by atoms with Gasteiger partial charge in [-0.1, -0.05) is 34.6 Å². The highest BCUT2D eigenvalue weighted by molar-refractivity contribution is 5.42. The maximum atomic E-state index is 8.58. The van der Waals surface area contributed by atoms with Crippen molar-refractivity contribution in [1.29, 1.82) is 0 Å². The Balaban J connectivity index is 0.000000952. The van der Waals surface area contributed by atoms with Crippen LogP contribution < -0.4 is 11.1 Å². The average Bonchev–Trinajstić information content (AvgIpc) is 2.57. The van der Waals surface area contributed by atoms with E-state index in [1.165, 1.54) is 45.1 Å². The highest BCUT2D eigenvalue weighted by atomic mass is 16.5. The van der Waals surface area contributed by atoms with Gasteiger partial charge in [-0.3, -0.25) is 4.79 Å². The lowest BCUT2D eigenvalue weighted by atomic mass is 9.75. The van der Waals surface area contributed by atoms with E-state index in [-0.39, 0.29) is 6.41 Å². The molecule has 24 heavy (non-hydrogen) atoms. The largest absolute Gasteiger partial charge is 0.381 e. The quantitative estimate of drug-likeness (QED) is 0.743. The van der Waals surface area contributed by atoms with Gasteiger partial charge in [-0.05, 0) is 68.7 Å². The summed E-state index contributed by atoms with van der Waals surface area (Å²) >= 11 is 0. The second kappa shape index (κ2) is 14.7. The standard InChI is InChI=1S/C17H33NO.C2H6.CH3NO/c1-13(2)10-16-11-14(3)4-5-17(16)18-12-15-6-8-19-9-7-15;1-2;2-1-3/h13-18H,4-12H2,1-3H3;1-2H3;1H,(H2,2,3). The zero-order valence-corrected chi connectivity index (χ0v) is 16.7. The van der Waals surface area contributed by atoms with E-state index in [1.54, 1.807) is 0 Å². The van der Waals surface area contributed by atoms with Gasteiger partial charge in [0.15, 0.2) is 0 Å². The molecule has 0 aromatic heterocycles. The summed E-state index contributed by atoms with van der Waals surface area (Å²) in [5.74, 6) is 3.53. The van der Waals surface area contributed by atoms with Crippen molar-refractivity contribution in [3.63, 3.8) is 0 Å². The Labute approximate surface area is 150 Å². The van der Waals surface area contributed by atoms with Crippen molar-refractivity contribution in [2.45, 2.75) is 79.2 Å². The Morgan fingerprint density at radius 1 is 1.17 bits per heavy atom. The maximum Gasteiger partial charge on any atom is 0.204 e. The Bertz CT molecular complexity index is 289. The second-order valence-corrected chi connectivity index (χ2v) is 7.51. The number of nitrogens with two attached hydrogens (primary N) is 1. The van der Waals surface area contributed by atoms with Crippen molar-refractivity contribution in [1.82, 2.24) is 5.32 Å². The molecule has 2 fully saturated rings. The molecule has 144 valence electrons. The highest BCUT2D eigenvalue weighted by Crippen LogP contribution is 2.33. The summed E-state index contributed by atoms with van der Waals surface area (Å²) in [4.78, 5) is 8.58. The van der Waals surface area contributed by atoms with E-state index >= 15 is 0 Å². The van der Waals surface area contributed by atoms with Gasteiger partial charge in [0.1, 0.15) is 0 Å². The Hall–Kier alpha value is -0.610. The first-order chi connectivity index (χ1) is 11.6. The van der Waals surface area contributed by atoms with Gasteiger partial charge in [-0.25, -0.2) is 0 Å². The van der Waals surface area contributed by atoms with Crippen LogP contribution >= 0.6 is 0 Å². The van der Waals surface area contributed by atoms with Crippen LogP contribution in [-0.2, 0) is 9.53 Å². The summed E-state index contributed by atoms with van der Waals surface area (Å²) in [6.45, 7) is 14.3. The molecule has 2 aliphatic rings. The zero-order chi connectivity index (χ0) is 18.4. The van der Waals surface area contributed by atoms with E-state index in [0.29, 0.717) is 0 Å². The molecule has 4 nitrogen and oxygen atoms in total. The van der Waals surface area contributed by atoms with Crippen LogP contribution in [0.2, 0.25) is 0 Å². The third kappa shape index (κ3) is 10.3. The van der Waals surface area contributed by atoms with Gasteiger partial charge < -0.3 is 15.8 Å². The fourth-order valence-electron chi connectivity index (χ4n) is 3.90. The van der Waals surface area contributed by atoms with Crippen LogP contribution in [0.15, 0.2) is 0 Å². The molecule has 3 unspecified atom stereocenters. The predicted octanol–water partition coefficient (Wildman–Crippen LogP) is 3.98. The first kappa shape index (κ1) is 23.4. The van der Waals surface area contributed by atoms with E-state index < -0.39 is 0 Å². The lowest BCUT2D eigenvalue weighted by Crippen LogP contribution is -2.43. The molecule has 1 amide bonds. The number of ether oxygens (including phenoxy) is 1. The normalized spacial score (nSPS) is 27.5. The highest BCUT2D eigenvalue weighted by Gasteiger charge is 2.29. The fraction of sp³-hybridized carbons (Fsp3) is 0.950. The van der Waals surface area contributed by atoms with Crippen molar-refractivity contribution in [2.75, 3.05) is 19.8 Å². The summed E-state index contributed by atoms with van der Waals surface area (Å²) in [6, 6.07) is 0.779. The first-order valence-electron chi connectivity index (χ1n) is 10.0. The molecule has 0 aromatic carbocycles. The van der Waals surface area contributed by atoms with Gasteiger partial charge in [-0.15, -0.1) is 0 Å². The topological polar surface area (TPSA) is 64.3 Å². The summed E-state index contributed by atoms with van der Waals surface area (Å²) in [5, 5.41) is 3.91. The third-order valence-corrected chi connectivity index (χ3v) is 5.03. The summed E-state index contributed by atoms with van der Waals surface area (Å²) < 4.78 is 5.45. The molecule has 4 heteroatoms. The van der Waals surface area contributed by atoms with Gasteiger partial charge in [-0.2, -0.15) is 0 Å². The molecule has 1 heterocycles. The van der Waals surface area contributed by atoms with E-state index in [0.717, 1.165) is 42.9 Å². The summed E-state index contributed by atoms with van der Waals surface area (Å²) in [7, 11) is 0. The molecule has 3 atom stereocenters. The van der Waals surface area contributed by atoms with Gasteiger partial charge >= 0.3 is 0 Å². The molecule has 2 rings (SSSR count).